The van der Waals surface area contributed by atoms with E-state index < -0.39 is 0 Å². The van der Waals surface area contributed by atoms with Crippen molar-refractivity contribution < 1.29 is 13.9 Å². The number of urea groups is 1. The Morgan fingerprint density at radius 1 is 1.07 bits per heavy atom. The van der Waals surface area contributed by atoms with Crippen LogP contribution in [0.15, 0.2) is 65.1 Å². The standard InChI is InChI=1S/C21H19ClN2O3/c22-15-7-5-14(6-8-15)19-10-9-16(27-19)13-23-21(25)24-18-11-12-26-20-4-2-1-3-17(18)20/h1-10,18H,11-13H2,(H2,23,24,25). The molecule has 1 aromatic heterocycles. The Balaban J connectivity index is 1.34. The van der Waals surface area contributed by atoms with Crippen LogP contribution < -0.4 is 15.4 Å². The summed E-state index contributed by atoms with van der Waals surface area (Å²) in [5.41, 5.74) is 1.94. The molecule has 3 aromatic rings. The zero-order valence-corrected chi connectivity index (χ0v) is 15.3. The van der Waals surface area contributed by atoms with Crippen molar-refractivity contribution in [1.82, 2.24) is 10.6 Å². The van der Waals surface area contributed by atoms with E-state index in [9.17, 15) is 4.79 Å². The molecule has 1 atom stereocenters. The number of carbonyl (C=O) groups is 1. The van der Waals surface area contributed by atoms with Crippen LogP contribution in [0.2, 0.25) is 5.02 Å². The number of amides is 2. The number of nitrogens with one attached hydrogen (secondary N) is 2. The molecule has 0 radical (unpaired) electrons. The fourth-order valence-corrected chi connectivity index (χ4v) is 3.24. The van der Waals surface area contributed by atoms with Crippen LogP contribution in [0.5, 0.6) is 5.75 Å². The molecule has 2 aromatic carbocycles. The number of fused-ring (bicyclic) bond motifs is 1. The maximum atomic E-state index is 12.3. The Morgan fingerprint density at radius 3 is 2.74 bits per heavy atom. The Hall–Kier alpha value is -2.92. The molecule has 0 bridgehead atoms. The van der Waals surface area contributed by atoms with Gasteiger partial charge in [-0.25, -0.2) is 4.79 Å². The molecule has 2 amide bonds. The predicted octanol–water partition coefficient (Wildman–Crippen LogP) is 4.92. The highest BCUT2D eigenvalue weighted by atomic mass is 35.5. The van der Waals surface area contributed by atoms with Gasteiger partial charge in [-0.05, 0) is 42.5 Å². The molecule has 138 valence electrons. The molecule has 0 fully saturated rings. The van der Waals surface area contributed by atoms with Crippen LogP contribution in [0.3, 0.4) is 0 Å². The van der Waals surface area contributed by atoms with Gasteiger partial charge in [0.1, 0.15) is 17.3 Å². The van der Waals surface area contributed by atoms with E-state index in [1.165, 1.54) is 0 Å². The minimum absolute atomic E-state index is 0.0591. The molecule has 1 unspecified atom stereocenters. The van der Waals surface area contributed by atoms with Crippen molar-refractivity contribution in [2.24, 2.45) is 0 Å². The molecule has 6 heteroatoms. The molecule has 0 aliphatic carbocycles. The van der Waals surface area contributed by atoms with Gasteiger partial charge in [0.05, 0.1) is 19.2 Å². The van der Waals surface area contributed by atoms with Crippen LogP contribution in [0.4, 0.5) is 4.79 Å². The summed E-state index contributed by atoms with van der Waals surface area (Å²) in [7, 11) is 0. The van der Waals surface area contributed by atoms with E-state index in [1.54, 1.807) is 0 Å². The Kier molecular flexibility index (Phi) is 5.03. The number of ether oxygens (including phenoxy) is 1. The third kappa shape index (κ3) is 4.09. The predicted molar refractivity (Wildman–Crippen MR) is 104 cm³/mol. The summed E-state index contributed by atoms with van der Waals surface area (Å²) in [5, 5.41) is 6.53. The van der Waals surface area contributed by atoms with E-state index in [2.05, 4.69) is 10.6 Å². The van der Waals surface area contributed by atoms with Crippen LogP contribution in [0.1, 0.15) is 23.8 Å². The van der Waals surface area contributed by atoms with Gasteiger partial charge in [0, 0.05) is 22.6 Å². The first-order valence-corrected chi connectivity index (χ1v) is 9.17. The van der Waals surface area contributed by atoms with E-state index in [1.807, 2.05) is 60.7 Å². The van der Waals surface area contributed by atoms with Gasteiger partial charge in [-0.1, -0.05) is 29.8 Å². The Morgan fingerprint density at radius 2 is 1.89 bits per heavy atom. The molecule has 2 heterocycles. The summed E-state index contributed by atoms with van der Waals surface area (Å²) in [4.78, 5) is 12.3. The van der Waals surface area contributed by atoms with Gasteiger partial charge in [-0.3, -0.25) is 0 Å². The van der Waals surface area contributed by atoms with Crippen molar-refractivity contribution >= 4 is 17.6 Å². The van der Waals surface area contributed by atoms with Gasteiger partial charge in [-0.15, -0.1) is 0 Å². The minimum Gasteiger partial charge on any atom is -0.493 e. The fraction of sp³-hybridized carbons (Fsp3) is 0.190. The van der Waals surface area contributed by atoms with Crippen molar-refractivity contribution in [1.29, 1.82) is 0 Å². The molecule has 5 nitrogen and oxygen atoms in total. The first kappa shape index (κ1) is 17.5. The van der Waals surface area contributed by atoms with Crippen molar-refractivity contribution in [3.8, 4) is 17.1 Å². The second-order valence-corrected chi connectivity index (χ2v) is 6.76. The largest absolute Gasteiger partial charge is 0.493 e. The Bertz CT molecular complexity index is 937. The van der Waals surface area contributed by atoms with Gasteiger partial charge in [0.2, 0.25) is 0 Å². The summed E-state index contributed by atoms with van der Waals surface area (Å²) in [6.45, 7) is 0.898. The molecule has 0 saturated carbocycles. The van der Waals surface area contributed by atoms with Gasteiger partial charge >= 0.3 is 6.03 Å². The highest BCUT2D eigenvalue weighted by Crippen LogP contribution is 2.31. The number of benzene rings is 2. The number of para-hydroxylation sites is 1. The van der Waals surface area contributed by atoms with Crippen LogP contribution in [0.25, 0.3) is 11.3 Å². The van der Waals surface area contributed by atoms with E-state index >= 15 is 0 Å². The van der Waals surface area contributed by atoms with Crippen LogP contribution >= 0.6 is 11.6 Å². The summed E-state index contributed by atoms with van der Waals surface area (Å²) in [5.74, 6) is 2.25. The second kappa shape index (κ2) is 7.76. The first-order chi connectivity index (χ1) is 13.2. The van der Waals surface area contributed by atoms with Crippen LogP contribution in [0, 0.1) is 0 Å². The average Bonchev–Trinajstić information content (AvgIpc) is 3.16. The normalized spacial score (nSPS) is 15.5. The van der Waals surface area contributed by atoms with E-state index in [4.69, 9.17) is 20.8 Å². The molecule has 0 spiro atoms. The van der Waals surface area contributed by atoms with Gasteiger partial charge in [0.15, 0.2) is 0 Å². The fourth-order valence-electron chi connectivity index (χ4n) is 3.11. The summed E-state index contributed by atoms with van der Waals surface area (Å²) < 4.78 is 11.4. The summed E-state index contributed by atoms with van der Waals surface area (Å²) in [6, 6.07) is 18.6. The molecule has 1 aliphatic rings. The third-order valence-electron chi connectivity index (χ3n) is 4.48. The third-order valence-corrected chi connectivity index (χ3v) is 4.73. The van der Waals surface area contributed by atoms with Gasteiger partial charge < -0.3 is 19.8 Å². The van der Waals surface area contributed by atoms with Gasteiger partial charge in [0.25, 0.3) is 0 Å². The van der Waals surface area contributed by atoms with Crippen molar-refractivity contribution in [2.45, 2.75) is 19.0 Å². The zero-order valence-electron chi connectivity index (χ0n) is 14.6. The molecule has 27 heavy (non-hydrogen) atoms. The number of rotatable bonds is 4. The number of carbonyl (C=O) groups excluding carboxylic acids is 1. The smallest absolute Gasteiger partial charge is 0.315 e. The lowest BCUT2D eigenvalue weighted by Crippen LogP contribution is -2.39. The maximum Gasteiger partial charge on any atom is 0.315 e. The summed E-state index contributed by atoms with van der Waals surface area (Å²) in [6.07, 6.45) is 0.742. The number of halogens is 1. The van der Waals surface area contributed by atoms with Crippen LogP contribution in [-0.4, -0.2) is 12.6 Å². The SMILES string of the molecule is O=C(NCc1ccc(-c2ccc(Cl)cc2)o1)NC1CCOc2ccccc21. The highest BCUT2D eigenvalue weighted by molar-refractivity contribution is 6.30. The number of hydrogen-bond acceptors (Lipinski definition) is 3. The first-order valence-electron chi connectivity index (χ1n) is 8.80. The molecular weight excluding hydrogens is 364 g/mol. The quantitative estimate of drug-likeness (QED) is 0.673. The average molecular weight is 383 g/mol. The van der Waals surface area contributed by atoms with E-state index in [0.717, 1.165) is 29.1 Å². The lowest BCUT2D eigenvalue weighted by molar-refractivity contribution is 0.222. The zero-order chi connectivity index (χ0) is 18.6. The molecule has 1 aliphatic heterocycles. The number of hydrogen-bond donors (Lipinski definition) is 2. The molecular formula is C21H19ClN2O3. The lowest BCUT2D eigenvalue weighted by Gasteiger charge is -2.26. The molecule has 4 rings (SSSR count). The van der Waals surface area contributed by atoms with Gasteiger partial charge in [-0.2, -0.15) is 0 Å². The maximum absolute atomic E-state index is 12.3. The lowest BCUT2D eigenvalue weighted by atomic mass is 10.0. The summed E-state index contributed by atoms with van der Waals surface area (Å²) >= 11 is 5.91. The van der Waals surface area contributed by atoms with Crippen molar-refractivity contribution in [2.75, 3.05) is 6.61 Å². The molecule has 0 saturated heterocycles. The topological polar surface area (TPSA) is 63.5 Å². The van der Waals surface area contributed by atoms with Crippen molar-refractivity contribution in [3.05, 3.63) is 77.0 Å². The number of furan rings is 1. The van der Waals surface area contributed by atoms with Crippen LogP contribution in [-0.2, 0) is 6.54 Å². The highest BCUT2D eigenvalue weighted by Gasteiger charge is 2.22. The monoisotopic (exact) mass is 382 g/mol. The minimum atomic E-state index is -0.235. The Labute approximate surface area is 162 Å². The van der Waals surface area contributed by atoms with E-state index in [0.29, 0.717) is 23.9 Å². The van der Waals surface area contributed by atoms with E-state index in [-0.39, 0.29) is 12.1 Å². The second-order valence-electron chi connectivity index (χ2n) is 6.33. The molecule has 2 N–H and O–H groups in total. The van der Waals surface area contributed by atoms with Crippen molar-refractivity contribution in [3.63, 3.8) is 0 Å².